The molecule has 2 aromatic carbocycles. The lowest BCUT2D eigenvalue weighted by molar-refractivity contribution is -0.117. The molecule has 1 aromatic heterocycles. The van der Waals surface area contributed by atoms with Gasteiger partial charge in [0.1, 0.15) is 28.2 Å². The number of nitrogens with zero attached hydrogens (tertiary/aromatic N) is 2. The van der Waals surface area contributed by atoms with Crippen LogP contribution in [-0.2, 0) is 22.6 Å². The first-order valence-corrected chi connectivity index (χ1v) is 11.7. The van der Waals surface area contributed by atoms with Crippen molar-refractivity contribution < 1.29 is 18.7 Å². The smallest absolute Gasteiger partial charge is 0.265 e. The Morgan fingerprint density at radius 2 is 1.91 bits per heavy atom. The highest BCUT2D eigenvalue weighted by atomic mass is 32.2. The van der Waals surface area contributed by atoms with Crippen molar-refractivity contribution in [3.8, 4) is 11.8 Å². The number of carbonyl (C=O) groups is 2. The van der Waals surface area contributed by atoms with E-state index in [2.05, 4.69) is 5.32 Å². The molecule has 8 heteroatoms. The molecule has 0 spiro atoms. The molecule has 172 valence electrons. The quantitative estimate of drug-likeness (QED) is 0.384. The van der Waals surface area contributed by atoms with Crippen molar-refractivity contribution in [1.29, 1.82) is 5.26 Å². The standard InChI is InChI=1S/C26H23N3O4S/c1-2-32-20-12-10-19(11-13-20)29-25(31)23(15-18-7-4-3-5-8-18)34-26(29)22(16-27)24(30)28-17-21-9-6-14-33-21/h3-14,23H,2,15,17H2,1H3,(H,28,30)/b26-22-. The molecule has 4 rings (SSSR count). The highest BCUT2D eigenvalue weighted by Gasteiger charge is 2.40. The molecule has 7 nitrogen and oxygen atoms in total. The van der Waals surface area contributed by atoms with Gasteiger partial charge < -0.3 is 14.5 Å². The minimum absolute atomic E-state index is 0.116. The Morgan fingerprint density at radius 3 is 2.56 bits per heavy atom. The predicted octanol–water partition coefficient (Wildman–Crippen LogP) is 4.42. The third kappa shape index (κ3) is 5.16. The van der Waals surface area contributed by atoms with Gasteiger partial charge in [-0.15, -0.1) is 0 Å². The van der Waals surface area contributed by atoms with Gasteiger partial charge >= 0.3 is 0 Å². The highest BCUT2D eigenvalue weighted by Crippen LogP contribution is 2.42. The number of hydrogen-bond acceptors (Lipinski definition) is 6. The number of nitriles is 1. The van der Waals surface area contributed by atoms with Crippen LogP contribution in [0.15, 0.2) is 88.0 Å². The first-order valence-electron chi connectivity index (χ1n) is 10.8. The van der Waals surface area contributed by atoms with E-state index in [-0.39, 0.29) is 18.0 Å². The van der Waals surface area contributed by atoms with Gasteiger partial charge in [-0.2, -0.15) is 5.26 Å². The van der Waals surface area contributed by atoms with Crippen LogP contribution in [0.1, 0.15) is 18.2 Å². The molecule has 0 radical (unpaired) electrons. The molecule has 0 saturated carbocycles. The van der Waals surface area contributed by atoms with Crippen molar-refractivity contribution in [2.75, 3.05) is 11.5 Å². The number of thioether (sulfide) groups is 1. The van der Waals surface area contributed by atoms with Gasteiger partial charge in [0.2, 0.25) is 5.91 Å². The molecule has 34 heavy (non-hydrogen) atoms. The number of anilines is 1. The first-order chi connectivity index (χ1) is 16.6. The number of hydrogen-bond donors (Lipinski definition) is 1. The van der Waals surface area contributed by atoms with Gasteiger partial charge in [0.25, 0.3) is 5.91 Å². The summed E-state index contributed by atoms with van der Waals surface area (Å²) in [7, 11) is 0. The lowest BCUT2D eigenvalue weighted by atomic mass is 10.1. The van der Waals surface area contributed by atoms with Crippen molar-refractivity contribution in [3.05, 3.63) is 94.9 Å². The van der Waals surface area contributed by atoms with E-state index < -0.39 is 11.2 Å². The fourth-order valence-electron chi connectivity index (χ4n) is 3.58. The summed E-state index contributed by atoms with van der Waals surface area (Å²) in [6, 6.07) is 22.2. The second kappa shape index (κ2) is 10.8. The summed E-state index contributed by atoms with van der Waals surface area (Å²) >= 11 is 1.23. The molecule has 0 bridgehead atoms. The average Bonchev–Trinajstić information content (AvgIpc) is 3.48. The normalized spacial score (nSPS) is 16.8. The Labute approximate surface area is 202 Å². The molecule has 0 aliphatic carbocycles. The van der Waals surface area contributed by atoms with E-state index in [9.17, 15) is 14.9 Å². The second-order valence-electron chi connectivity index (χ2n) is 7.45. The summed E-state index contributed by atoms with van der Waals surface area (Å²) in [6.07, 6.45) is 1.99. The van der Waals surface area contributed by atoms with Crippen LogP contribution in [0, 0.1) is 11.3 Å². The molecule has 1 aliphatic rings. The zero-order valence-electron chi connectivity index (χ0n) is 18.6. The van der Waals surface area contributed by atoms with Crippen LogP contribution >= 0.6 is 11.8 Å². The van der Waals surface area contributed by atoms with Gasteiger partial charge in [-0.25, -0.2) is 0 Å². The van der Waals surface area contributed by atoms with Gasteiger partial charge in [-0.05, 0) is 55.3 Å². The average molecular weight is 474 g/mol. The van der Waals surface area contributed by atoms with E-state index in [1.807, 2.05) is 43.3 Å². The molecule has 2 heterocycles. The minimum atomic E-state index is -0.564. The topological polar surface area (TPSA) is 95.6 Å². The van der Waals surface area contributed by atoms with Crippen molar-refractivity contribution in [2.24, 2.45) is 0 Å². The molecule has 3 aromatic rings. The van der Waals surface area contributed by atoms with Gasteiger partial charge in [-0.1, -0.05) is 42.1 Å². The van der Waals surface area contributed by atoms with E-state index >= 15 is 0 Å². The Bertz CT molecular complexity index is 1220. The Kier molecular flexibility index (Phi) is 7.35. The maximum atomic E-state index is 13.5. The lowest BCUT2D eigenvalue weighted by Crippen LogP contribution is -2.32. The second-order valence-corrected chi connectivity index (χ2v) is 8.64. The van der Waals surface area contributed by atoms with Gasteiger partial charge in [-0.3, -0.25) is 14.5 Å². The number of rotatable bonds is 8. The monoisotopic (exact) mass is 473 g/mol. The van der Waals surface area contributed by atoms with Crippen LogP contribution < -0.4 is 15.0 Å². The number of carbonyl (C=O) groups excluding carboxylic acids is 2. The van der Waals surface area contributed by atoms with Crippen molar-refractivity contribution in [1.82, 2.24) is 5.32 Å². The number of furan rings is 1. The molecule has 1 atom stereocenters. The maximum absolute atomic E-state index is 13.5. The summed E-state index contributed by atoms with van der Waals surface area (Å²) in [5.74, 6) is 0.495. The Balaban J connectivity index is 1.67. The fraction of sp³-hybridized carbons (Fsp3) is 0.192. The van der Waals surface area contributed by atoms with Crippen LogP contribution in [0.2, 0.25) is 0 Å². The number of benzene rings is 2. The largest absolute Gasteiger partial charge is 0.494 e. The van der Waals surface area contributed by atoms with Crippen LogP contribution in [0.5, 0.6) is 5.75 Å². The summed E-state index contributed by atoms with van der Waals surface area (Å²) in [4.78, 5) is 27.9. The third-order valence-electron chi connectivity index (χ3n) is 5.18. The summed E-state index contributed by atoms with van der Waals surface area (Å²) in [5, 5.41) is 12.4. The van der Waals surface area contributed by atoms with E-state index in [1.165, 1.54) is 22.9 Å². The fourth-order valence-corrected chi connectivity index (χ4v) is 4.89. The van der Waals surface area contributed by atoms with Crippen molar-refractivity contribution in [2.45, 2.75) is 25.1 Å². The SMILES string of the molecule is CCOc1ccc(N2C(=O)C(Cc3ccccc3)S/C2=C(/C#N)C(=O)NCc2ccco2)cc1. The Morgan fingerprint density at radius 1 is 1.15 bits per heavy atom. The van der Waals surface area contributed by atoms with Crippen molar-refractivity contribution >= 4 is 29.3 Å². The number of amides is 2. The Hall–Kier alpha value is -3.96. The maximum Gasteiger partial charge on any atom is 0.265 e. The van der Waals surface area contributed by atoms with Gasteiger partial charge in [0.05, 0.1) is 24.7 Å². The van der Waals surface area contributed by atoms with E-state index in [0.717, 1.165) is 5.56 Å². The van der Waals surface area contributed by atoms with Crippen molar-refractivity contribution in [3.63, 3.8) is 0 Å². The molecule has 1 fully saturated rings. The number of ether oxygens (including phenoxy) is 1. The van der Waals surface area contributed by atoms with E-state index in [4.69, 9.17) is 9.15 Å². The third-order valence-corrected chi connectivity index (χ3v) is 6.44. The predicted molar refractivity (Wildman–Crippen MR) is 130 cm³/mol. The zero-order valence-corrected chi connectivity index (χ0v) is 19.4. The van der Waals surface area contributed by atoms with Gasteiger partial charge in [0.15, 0.2) is 0 Å². The van der Waals surface area contributed by atoms with Crippen LogP contribution in [0.3, 0.4) is 0 Å². The van der Waals surface area contributed by atoms with E-state index in [0.29, 0.717) is 35.3 Å². The first kappa shape index (κ1) is 23.2. The number of nitrogens with one attached hydrogen (secondary N) is 1. The molecule has 1 N–H and O–H groups in total. The molecule has 1 unspecified atom stereocenters. The molecular weight excluding hydrogens is 450 g/mol. The summed E-state index contributed by atoms with van der Waals surface area (Å²) in [6.45, 7) is 2.56. The molecular formula is C26H23N3O4S. The molecule has 2 amide bonds. The van der Waals surface area contributed by atoms with E-state index in [1.54, 1.807) is 36.4 Å². The van der Waals surface area contributed by atoms with Crippen LogP contribution in [0.4, 0.5) is 5.69 Å². The molecule has 1 saturated heterocycles. The summed E-state index contributed by atoms with van der Waals surface area (Å²) in [5.41, 5.74) is 1.45. The molecule has 1 aliphatic heterocycles. The highest BCUT2D eigenvalue weighted by molar-refractivity contribution is 8.05. The van der Waals surface area contributed by atoms with Gasteiger partial charge in [0, 0.05) is 5.69 Å². The zero-order chi connectivity index (χ0) is 23.9. The minimum Gasteiger partial charge on any atom is -0.494 e. The van der Waals surface area contributed by atoms with Crippen LogP contribution in [-0.4, -0.2) is 23.7 Å². The lowest BCUT2D eigenvalue weighted by Gasteiger charge is -2.19. The van der Waals surface area contributed by atoms with Crippen LogP contribution in [0.25, 0.3) is 0 Å². The summed E-state index contributed by atoms with van der Waals surface area (Å²) < 4.78 is 10.8.